The van der Waals surface area contributed by atoms with Crippen LogP contribution in [0.15, 0.2) is 40.8 Å². The SMILES string of the molecule is COc1ccc(-c2nc3cc([N+](=O)[O-])ccc3o2)cc1Cl. The molecule has 21 heavy (non-hydrogen) atoms. The Kier molecular flexibility index (Phi) is 3.23. The number of nitrogens with zero attached hydrogens (tertiary/aromatic N) is 2. The third-order valence-corrected chi connectivity index (χ3v) is 3.28. The highest BCUT2D eigenvalue weighted by Gasteiger charge is 2.13. The largest absolute Gasteiger partial charge is 0.495 e. The molecule has 0 fully saturated rings. The van der Waals surface area contributed by atoms with Gasteiger partial charge >= 0.3 is 0 Å². The zero-order valence-electron chi connectivity index (χ0n) is 10.9. The molecule has 0 bridgehead atoms. The third-order valence-electron chi connectivity index (χ3n) is 2.98. The summed E-state index contributed by atoms with van der Waals surface area (Å²) in [7, 11) is 1.53. The van der Waals surface area contributed by atoms with Gasteiger partial charge in [-0.2, -0.15) is 0 Å². The Hall–Kier alpha value is -2.60. The van der Waals surface area contributed by atoms with E-state index in [4.69, 9.17) is 20.8 Å². The smallest absolute Gasteiger partial charge is 0.271 e. The predicted molar refractivity (Wildman–Crippen MR) is 77.7 cm³/mol. The van der Waals surface area contributed by atoms with Gasteiger partial charge in [-0.25, -0.2) is 4.98 Å². The molecule has 2 aromatic carbocycles. The number of hydrogen-bond acceptors (Lipinski definition) is 5. The molecule has 1 aromatic heterocycles. The number of rotatable bonds is 3. The van der Waals surface area contributed by atoms with E-state index in [1.165, 1.54) is 25.3 Å². The summed E-state index contributed by atoms with van der Waals surface area (Å²) in [5, 5.41) is 11.2. The number of nitro groups is 1. The first-order chi connectivity index (χ1) is 10.1. The number of nitro benzene ring substituents is 1. The molecule has 0 saturated heterocycles. The summed E-state index contributed by atoms with van der Waals surface area (Å²) in [6.45, 7) is 0. The molecule has 3 rings (SSSR count). The molecule has 0 unspecified atom stereocenters. The molecule has 0 spiro atoms. The highest BCUT2D eigenvalue weighted by Crippen LogP contribution is 2.32. The van der Waals surface area contributed by atoms with Crippen molar-refractivity contribution in [2.24, 2.45) is 0 Å². The first-order valence-electron chi connectivity index (χ1n) is 5.97. The van der Waals surface area contributed by atoms with E-state index in [0.29, 0.717) is 33.3 Å². The first kappa shape index (κ1) is 13.4. The van der Waals surface area contributed by atoms with Crippen LogP contribution in [0.5, 0.6) is 5.75 Å². The van der Waals surface area contributed by atoms with Gasteiger partial charge in [0.15, 0.2) is 5.58 Å². The van der Waals surface area contributed by atoms with Crippen LogP contribution in [0.25, 0.3) is 22.6 Å². The van der Waals surface area contributed by atoms with Crippen LogP contribution in [-0.4, -0.2) is 17.0 Å². The van der Waals surface area contributed by atoms with Gasteiger partial charge in [0.2, 0.25) is 5.89 Å². The second kappa shape index (κ2) is 5.06. The van der Waals surface area contributed by atoms with Crippen molar-refractivity contribution in [1.29, 1.82) is 0 Å². The average molecular weight is 305 g/mol. The average Bonchev–Trinajstić information content (AvgIpc) is 2.89. The maximum absolute atomic E-state index is 10.8. The van der Waals surface area contributed by atoms with E-state index in [0.717, 1.165) is 0 Å². The van der Waals surface area contributed by atoms with Crippen LogP contribution in [0, 0.1) is 10.1 Å². The molecule has 0 N–H and O–H groups in total. The number of non-ortho nitro benzene ring substituents is 1. The number of halogens is 1. The standard InChI is InChI=1S/C14H9ClN2O4/c1-20-12-4-2-8(6-10(12)15)14-16-11-7-9(17(18)19)3-5-13(11)21-14/h2-7H,1H3. The predicted octanol–water partition coefficient (Wildman–Crippen LogP) is 4.07. The fraction of sp³-hybridized carbons (Fsp3) is 0.0714. The van der Waals surface area contributed by atoms with Crippen molar-refractivity contribution in [2.75, 3.05) is 7.11 Å². The van der Waals surface area contributed by atoms with Crippen molar-refractivity contribution in [3.8, 4) is 17.2 Å². The molecule has 0 aliphatic rings. The lowest BCUT2D eigenvalue weighted by molar-refractivity contribution is -0.384. The van der Waals surface area contributed by atoms with E-state index in [2.05, 4.69) is 4.98 Å². The summed E-state index contributed by atoms with van der Waals surface area (Å²) in [6.07, 6.45) is 0. The van der Waals surface area contributed by atoms with E-state index >= 15 is 0 Å². The van der Waals surface area contributed by atoms with Gasteiger partial charge in [0.05, 0.1) is 17.1 Å². The highest BCUT2D eigenvalue weighted by molar-refractivity contribution is 6.32. The minimum atomic E-state index is -0.474. The molecule has 3 aromatic rings. The summed E-state index contributed by atoms with van der Waals surface area (Å²) < 4.78 is 10.7. The van der Waals surface area contributed by atoms with Gasteiger partial charge in [0.1, 0.15) is 11.3 Å². The summed E-state index contributed by atoms with van der Waals surface area (Å²) in [6, 6.07) is 9.39. The molecule has 0 aliphatic heterocycles. The van der Waals surface area contributed by atoms with Gasteiger partial charge < -0.3 is 9.15 Å². The Morgan fingerprint density at radius 1 is 1.29 bits per heavy atom. The van der Waals surface area contributed by atoms with Crippen molar-refractivity contribution in [2.45, 2.75) is 0 Å². The summed E-state index contributed by atoms with van der Waals surface area (Å²) >= 11 is 6.06. The summed E-state index contributed by atoms with van der Waals surface area (Å²) in [5.74, 6) is 0.891. The van der Waals surface area contributed by atoms with Crippen LogP contribution in [0.4, 0.5) is 5.69 Å². The topological polar surface area (TPSA) is 78.4 Å². The Labute approximate surface area is 124 Å². The molecule has 0 atom stereocenters. The van der Waals surface area contributed by atoms with E-state index < -0.39 is 4.92 Å². The van der Waals surface area contributed by atoms with Crippen molar-refractivity contribution < 1.29 is 14.1 Å². The Balaban J connectivity index is 2.08. The van der Waals surface area contributed by atoms with Crippen LogP contribution >= 0.6 is 11.6 Å². The Bertz CT molecular complexity index is 844. The molecular formula is C14H9ClN2O4. The van der Waals surface area contributed by atoms with Crippen LogP contribution in [-0.2, 0) is 0 Å². The lowest BCUT2D eigenvalue weighted by Crippen LogP contribution is -1.86. The quantitative estimate of drug-likeness (QED) is 0.538. The number of ether oxygens (including phenoxy) is 1. The zero-order chi connectivity index (χ0) is 15.0. The summed E-state index contributed by atoms with van der Waals surface area (Å²) in [5.41, 5.74) is 1.53. The van der Waals surface area contributed by atoms with Crippen LogP contribution in [0.3, 0.4) is 0 Å². The van der Waals surface area contributed by atoms with Gasteiger partial charge in [0.25, 0.3) is 5.69 Å². The number of oxazole rings is 1. The van der Waals surface area contributed by atoms with Gasteiger partial charge in [-0.15, -0.1) is 0 Å². The normalized spacial score (nSPS) is 10.8. The highest BCUT2D eigenvalue weighted by atomic mass is 35.5. The molecule has 7 heteroatoms. The van der Waals surface area contributed by atoms with Crippen LogP contribution < -0.4 is 4.74 Å². The fourth-order valence-electron chi connectivity index (χ4n) is 1.95. The van der Waals surface area contributed by atoms with Crippen LogP contribution in [0.2, 0.25) is 5.02 Å². The molecule has 0 amide bonds. The monoisotopic (exact) mass is 304 g/mol. The minimum absolute atomic E-state index is 0.0323. The van der Waals surface area contributed by atoms with Crippen LogP contribution in [0.1, 0.15) is 0 Å². The first-order valence-corrected chi connectivity index (χ1v) is 6.35. The van der Waals surface area contributed by atoms with Crippen molar-refractivity contribution in [3.05, 3.63) is 51.5 Å². The molecule has 6 nitrogen and oxygen atoms in total. The third kappa shape index (κ3) is 2.41. The second-order valence-electron chi connectivity index (χ2n) is 4.28. The fourth-order valence-corrected chi connectivity index (χ4v) is 2.21. The van der Waals surface area contributed by atoms with E-state index in [1.54, 1.807) is 18.2 Å². The maximum atomic E-state index is 10.8. The van der Waals surface area contributed by atoms with Gasteiger partial charge in [-0.3, -0.25) is 10.1 Å². The minimum Gasteiger partial charge on any atom is -0.495 e. The maximum Gasteiger partial charge on any atom is 0.271 e. The number of hydrogen-bond donors (Lipinski definition) is 0. The van der Waals surface area contributed by atoms with E-state index in [-0.39, 0.29) is 5.69 Å². The number of aromatic nitrogens is 1. The lowest BCUT2D eigenvalue weighted by atomic mass is 10.2. The van der Waals surface area contributed by atoms with Crippen molar-refractivity contribution >= 4 is 28.4 Å². The van der Waals surface area contributed by atoms with Gasteiger partial charge in [-0.1, -0.05) is 11.6 Å². The molecular weight excluding hydrogens is 296 g/mol. The molecule has 106 valence electrons. The Morgan fingerprint density at radius 3 is 2.76 bits per heavy atom. The molecule has 1 heterocycles. The second-order valence-corrected chi connectivity index (χ2v) is 4.68. The number of benzene rings is 2. The van der Waals surface area contributed by atoms with Gasteiger partial charge in [-0.05, 0) is 24.3 Å². The number of fused-ring (bicyclic) bond motifs is 1. The zero-order valence-corrected chi connectivity index (χ0v) is 11.6. The van der Waals surface area contributed by atoms with Crippen molar-refractivity contribution in [3.63, 3.8) is 0 Å². The summed E-state index contributed by atoms with van der Waals surface area (Å²) in [4.78, 5) is 14.5. The number of methoxy groups -OCH3 is 1. The van der Waals surface area contributed by atoms with Crippen molar-refractivity contribution in [1.82, 2.24) is 4.98 Å². The van der Waals surface area contributed by atoms with E-state index in [1.807, 2.05) is 0 Å². The Morgan fingerprint density at radius 2 is 2.10 bits per heavy atom. The molecule has 0 aliphatic carbocycles. The lowest BCUT2D eigenvalue weighted by Gasteiger charge is -2.03. The van der Waals surface area contributed by atoms with Gasteiger partial charge in [0, 0.05) is 17.7 Å². The molecule has 0 radical (unpaired) electrons. The van der Waals surface area contributed by atoms with E-state index in [9.17, 15) is 10.1 Å². The molecule has 0 saturated carbocycles.